The average molecular weight is 231 g/mol. The van der Waals surface area contributed by atoms with Crippen LogP contribution in [0.4, 0.5) is 0 Å². The summed E-state index contributed by atoms with van der Waals surface area (Å²) >= 11 is 0. The van der Waals surface area contributed by atoms with Gasteiger partial charge in [0.15, 0.2) is 11.5 Å². The maximum atomic E-state index is 11.2. The lowest BCUT2D eigenvalue weighted by atomic mass is 10.2. The first kappa shape index (κ1) is 12.7. The van der Waals surface area contributed by atoms with Gasteiger partial charge in [-0.1, -0.05) is 12.0 Å². The molecule has 0 aliphatic rings. The van der Waals surface area contributed by atoms with Gasteiger partial charge in [0, 0.05) is 6.08 Å². The molecule has 1 rings (SSSR count). The third kappa shape index (κ3) is 3.92. The normalized spacial score (nSPS) is 9.88. The molecular weight excluding hydrogens is 218 g/mol. The Hall–Kier alpha value is -2.41. The van der Waals surface area contributed by atoms with Gasteiger partial charge in [-0.25, -0.2) is 0 Å². The maximum absolute atomic E-state index is 11.2. The number of phenols is 1. The number of nitrogens with one attached hydrogen (secondary N) is 1. The molecule has 0 atom stereocenters. The molecule has 0 bridgehead atoms. The van der Waals surface area contributed by atoms with Crippen LogP contribution in [0.2, 0.25) is 0 Å². The molecule has 0 unspecified atom stereocenters. The summed E-state index contributed by atoms with van der Waals surface area (Å²) in [6, 6.07) is 4.79. The van der Waals surface area contributed by atoms with Crippen LogP contribution in [0, 0.1) is 12.3 Å². The van der Waals surface area contributed by atoms with E-state index in [9.17, 15) is 9.90 Å². The zero-order valence-corrected chi connectivity index (χ0v) is 9.43. The van der Waals surface area contributed by atoms with Gasteiger partial charge in [0.05, 0.1) is 13.7 Å². The van der Waals surface area contributed by atoms with Crippen LogP contribution in [0.3, 0.4) is 0 Å². The summed E-state index contributed by atoms with van der Waals surface area (Å²) in [5, 5.41) is 11.9. The van der Waals surface area contributed by atoms with Gasteiger partial charge in [-0.2, -0.15) is 0 Å². The van der Waals surface area contributed by atoms with Crippen molar-refractivity contribution >= 4 is 12.0 Å². The van der Waals surface area contributed by atoms with Crippen LogP contribution in [-0.2, 0) is 4.79 Å². The smallest absolute Gasteiger partial charge is 0.244 e. The largest absolute Gasteiger partial charge is 0.504 e. The molecule has 1 aromatic rings. The fourth-order valence-corrected chi connectivity index (χ4v) is 1.17. The standard InChI is InChI=1S/C13H13NO3/c1-3-8-14-13(16)7-5-10-4-6-11(15)12(9-10)17-2/h1,4-7,9,15H,8H2,2H3,(H,14,16)/b7-5+. The van der Waals surface area contributed by atoms with Gasteiger partial charge in [-0.05, 0) is 23.8 Å². The number of terminal acetylenes is 1. The molecular formula is C13H13NO3. The first-order valence-electron chi connectivity index (χ1n) is 4.93. The van der Waals surface area contributed by atoms with E-state index in [0.717, 1.165) is 5.56 Å². The number of methoxy groups -OCH3 is 1. The minimum atomic E-state index is -0.269. The van der Waals surface area contributed by atoms with Gasteiger partial charge < -0.3 is 15.2 Å². The lowest BCUT2D eigenvalue weighted by molar-refractivity contribution is -0.116. The van der Waals surface area contributed by atoms with Crippen molar-refractivity contribution in [2.24, 2.45) is 0 Å². The van der Waals surface area contributed by atoms with E-state index in [0.29, 0.717) is 5.75 Å². The second kappa shape index (κ2) is 6.23. The predicted octanol–water partition coefficient (Wildman–Crippen LogP) is 1.16. The molecule has 0 spiro atoms. The van der Waals surface area contributed by atoms with Gasteiger partial charge in [-0.15, -0.1) is 6.42 Å². The zero-order chi connectivity index (χ0) is 12.7. The number of aromatic hydroxyl groups is 1. The molecule has 0 heterocycles. The number of benzene rings is 1. The first-order chi connectivity index (χ1) is 8.17. The van der Waals surface area contributed by atoms with E-state index in [4.69, 9.17) is 11.2 Å². The number of carbonyl (C=O) groups is 1. The molecule has 0 fully saturated rings. The Kier molecular flexibility index (Phi) is 4.64. The highest BCUT2D eigenvalue weighted by Crippen LogP contribution is 2.26. The minimum absolute atomic E-state index is 0.0569. The fourth-order valence-electron chi connectivity index (χ4n) is 1.17. The number of hydrogen-bond donors (Lipinski definition) is 2. The van der Waals surface area contributed by atoms with Gasteiger partial charge in [0.25, 0.3) is 0 Å². The van der Waals surface area contributed by atoms with Crippen LogP contribution >= 0.6 is 0 Å². The van der Waals surface area contributed by atoms with Crippen molar-refractivity contribution in [3.63, 3.8) is 0 Å². The summed E-state index contributed by atoms with van der Waals surface area (Å²) < 4.78 is 4.95. The summed E-state index contributed by atoms with van der Waals surface area (Å²) in [6.45, 7) is 0.197. The minimum Gasteiger partial charge on any atom is -0.504 e. The van der Waals surface area contributed by atoms with Crippen molar-refractivity contribution in [2.75, 3.05) is 13.7 Å². The molecule has 17 heavy (non-hydrogen) atoms. The lowest BCUT2D eigenvalue weighted by Crippen LogP contribution is -2.20. The van der Waals surface area contributed by atoms with Crippen LogP contribution in [0.15, 0.2) is 24.3 Å². The molecule has 0 aliphatic carbocycles. The topological polar surface area (TPSA) is 58.6 Å². The van der Waals surface area contributed by atoms with Crippen molar-refractivity contribution in [1.82, 2.24) is 5.32 Å². The number of rotatable bonds is 4. The van der Waals surface area contributed by atoms with E-state index in [1.54, 1.807) is 18.2 Å². The van der Waals surface area contributed by atoms with Crippen LogP contribution in [0.25, 0.3) is 6.08 Å². The SMILES string of the molecule is C#CCNC(=O)/C=C/c1ccc(O)c(OC)c1. The summed E-state index contributed by atoms with van der Waals surface area (Å²) in [6.07, 6.45) is 7.97. The van der Waals surface area contributed by atoms with Gasteiger partial charge in [0.2, 0.25) is 5.91 Å². The van der Waals surface area contributed by atoms with Crippen LogP contribution in [0.1, 0.15) is 5.56 Å². The van der Waals surface area contributed by atoms with Gasteiger partial charge >= 0.3 is 0 Å². The Labute approximate surface area is 99.9 Å². The number of amides is 1. The van der Waals surface area contributed by atoms with Crippen molar-refractivity contribution in [3.05, 3.63) is 29.8 Å². The molecule has 0 aromatic heterocycles. The van der Waals surface area contributed by atoms with Crippen molar-refractivity contribution in [2.45, 2.75) is 0 Å². The van der Waals surface area contributed by atoms with Crippen molar-refractivity contribution < 1.29 is 14.6 Å². The van der Waals surface area contributed by atoms with Crippen molar-refractivity contribution in [3.8, 4) is 23.8 Å². The molecule has 2 N–H and O–H groups in total. The van der Waals surface area contributed by atoms with E-state index in [1.165, 1.54) is 19.3 Å². The van der Waals surface area contributed by atoms with Crippen LogP contribution in [-0.4, -0.2) is 24.7 Å². The summed E-state index contributed by atoms with van der Waals surface area (Å²) in [7, 11) is 1.46. The van der Waals surface area contributed by atoms with E-state index in [1.807, 2.05) is 0 Å². The summed E-state index contributed by atoms with van der Waals surface area (Å²) in [5.41, 5.74) is 0.746. The number of carbonyl (C=O) groups excluding carboxylic acids is 1. The number of ether oxygens (including phenoxy) is 1. The molecule has 4 nitrogen and oxygen atoms in total. The third-order valence-electron chi connectivity index (χ3n) is 2.00. The quantitative estimate of drug-likeness (QED) is 0.604. The third-order valence-corrected chi connectivity index (χ3v) is 2.00. The molecule has 0 radical (unpaired) electrons. The van der Waals surface area contributed by atoms with Crippen LogP contribution in [0.5, 0.6) is 11.5 Å². The van der Waals surface area contributed by atoms with Crippen molar-refractivity contribution in [1.29, 1.82) is 0 Å². The lowest BCUT2D eigenvalue weighted by Gasteiger charge is -2.03. The molecule has 4 heteroatoms. The molecule has 0 saturated carbocycles. The second-order valence-electron chi connectivity index (χ2n) is 3.19. The highest BCUT2D eigenvalue weighted by atomic mass is 16.5. The Morgan fingerprint density at radius 3 is 3.06 bits per heavy atom. The summed E-state index contributed by atoms with van der Waals surface area (Å²) in [5.74, 6) is 2.45. The van der Waals surface area contributed by atoms with Crippen LogP contribution < -0.4 is 10.1 Å². The Balaban J connectivity index is 2.72. The van der Waals surface area contributed by atoms with E-state index >= 15 is 0 Å². The molecule has 1 amide bonds. The summed E-state index contributed by atoms with van der Waals surface area (Å²) in [4.78, 5) is 11.2. The molecule has 0 saturated heterocycles. The molecule has 1 aromatic carbocycles. The average Bonchev–Trinajstić information content (AvgIpc) is 2.35. The Morgan fingerprint density at radius 1 is 1.65 bits per heavy atom. The number of phenolic OH excluding ortho intramolecular Hbond substituents is 1. The fraction of sp³-hybridized carbons (Fsp3) is 0.154. The van der Waals surface area contributed by atoms with E-state index < -0.39 is 0 Å². The monoisotopic (exact) mass is 231 g/mol. The highest BCUT2D eigenvalue weighted by molar-refractivity contribution is 5.91. The Morgan fingerprint density at radius 2 is 2.41 bits per heavy atom. The van der Waals surface area contributed by atoms with Gasteiger partial charge in [-0.3, -0.25) is 4.79 Å². The van der Waals surface area contributed by atoms with E-state index in [2.05, 4.69) is 11.2 Å². The van der Waals surface area contributed by atoms with E-state index in [-0.39, 0.29) is 18.2 Å². The zero-order valence-electron chi connectivity index (χ0n) is 9.43. The predicted molar refractivity (Wildman–Crippen MR) is 65.5 cm³/mol. The second-order valence-corrected chi connectivity index (χ2v) is 3.19. The number of hydrogen-bond acceptors (Lipinski definition) is 3. The maximum Gasteiger partial charge on any atom is 0.244 e. The first-order valence-corrected chi connectivity index (χ1v) is 4.93. The molecule has 88 valence electrons. The Bertz CT molecular complexity index is 472. The highest BCUT2D eigenvalue weighted by Gasteiger charge is 2.00. The molecule has 0 aliphatic heterocycles. The van der Waals surface area contributed by atoms with Gasteiger partial charge in [0.1, 0.15) is 0 Å².